The van der Waals surface area contributed by atoms with Gasteiger partial charge in [0.1, 0.15) is 5.82 Å². The number of rotatable bonds is 8. The van der Waals surface area contributed by atoms with Gasteiger partial charge in [0.2, 0.25) is 5.95 Å². The van der Waals surface area contributed by atoms with Gasteiger partial charge in [-0.2, -0.15) is 0 Å². The van der Waals surface area contributed by atoms with Gasteiger partial charge in [-0.15, -0.1) is 11.8 Å². The van der Waals surface area contributed by atoms with Gasteiger partial charge in [-0.05, 0) is 24.3 Å². The Labute approximate surface area is 151 Å². The Morgan fingerprint density at radius 2 is 1.88 bits per heavy atom. The van der Waals surface area contributed by atoms with Gasteiger partial charge in [0.05, 0.1) is 18.2 Å². The Kier molecular flexibility index (Phi) is 5.84. The summed E-state index contributed by atoms with van der Waals surface area (Å²) >= 11 is 1.63. The molecule has 25 heavy (non-hydrogen) atoms. The number of nitrogens with zero attached hydrogens (tertiary/aromatic N) is 5. The summed E-state index contributed by atoms with van der Waals surface area (Å²) < 4.78 is 1.92. The molecule has 0 saturated carbocycles. The van der Waals surface area contributed by atoms with Crippen molar-refractivity contribution in [3.05, 3.63) is 49.4 Å². The molecule has 0 bridgehead atoms. The highest BCUT2D eigenvalue weighted by Crippen LogP contribution is 2.13. The van der Waals surface area contributed by atoms with Gasteiger partial charge in [-0.25, -0.2) is 19.9 Å². The maximum Gasteiger partial charge on any atom is 0.222 e. The first-order chi connectivity index (χ1) is 12.2. The van der Waals surface area contributed by atoms with Crippen molar-refractivity contribution >= 4 is 23.5 Å². The van der Waals surface area contributed by atoms with E-state index in [0.29, 0.717) is 11.9 Å². The predicted octanol–water partition coefficient (Wildman–Crippen LogP) is 2.94. The Bertz CT molecular complexity index is 757. The quantitative estimate of drug-likeness (QED) is 0.601. The maximum absolute atomic E-state index is 4.44. The molecule has 8 heteroatoms. The summed E-state index contributed by atoms with van der Waals surface area (Å²) in [6.45, 7) is 3.77. The van der Waals surface area contributed by atoms with Crippen LogP contribution in [0.2, 0.25) is 0 Å². The lowest BCUT2D eigenvalue weighted by Gasteiger charge is -2.14. The van der Waals surface area contributed by atoms with Gasteiger partial charge >= 0.3 is 0 Å². The van der Waals surface area contributed by atoms with Crippen LogP contribution in [0.3, 0.4) is 0 Å². The molecule has 0 fully saturated rings. The van der Waals surface area contributed by atoms with E-state index in [1.807, 2.05) is 47.7 Å². The van der Waals surface area contributed by atoms with Crippen LogP contribution in [0.1, 0.15) is 6.92 Å². The third kappa shape index (κ3) is 4.93. The molecule has 0 aromatic carbocycles. The molecule has 3 aromatic rings. The van der Waals surface area contributed by atoms with Crippen molar-refractivity contribution in [1.82, 2.24) is 24.5 Å². The third-order valence-corrected chi connectivity index (χ3v) is 4.34. The van der Waals surface area contributed by atoms with Crippen LogP contribution in [0.25, 0.3) is 5.69 Å². The number of nitrogens with one attached hydrogen (secondary N) is 2. The lowest BCUT2D eigenvalue weighted by Crippen LogP contribution is -2.21. The van der Waals surface area contributed by atoms with Crippen LogP contribution >= 0.6 is 11.8 Å². The molecule has 3 aromatic heterocycles. The van der Waals surface area contributed by atoms with E-state index in [-0.39, 0.29) is 0 Å². The first-order valence-electron chi connectivity index (χ1n) is 8.03. The minimum Gasteiger partial charge on any atom is -0.370 e. The molecule has 0 spiro atoms. The number of pyridine rings is 1. The summed E-state index contributed by atoms with van der Waals surface area (Å²) in [7, 11) is 0. The first kappa shape index (κ1) is 17.2. The highest BCUT2D eigenvalue weighted by molar-refractivity contribution is 7.98. The van der Waals surface area contributed by atoms with Gasteiger partial charge in [0.25, 0.3) is 0 Å². The second-order valence-electron chi connectivity index (χ2n) is 5.69. The van der Waals surface area contributed by atoms with Crippen molar-refractivity contribution in [3.8, 4) is 5.69 Å². The van der Waals surface area contributed by atoms with Crippen LogP contribution in [0.5, 0.6) is 0 Å². The van der Waals surface area contributed by atoms with Gasteiger partial charge in [-0.1, -0.05) is 6.92 Å². The summed E-state index contributed by atoms with van der Waals surface area (Å²) in [6.07, 6.45) is 12.9. The standard InChI is InChI=1S/C17H21N7S/c1-13(8-21-17-22-10-15(25-2)11-23-17)7-19-16-4-3-14(9-20-16)24-6-5-18-12-24/h3-6,9-13H,7-8H2,1-2H3,(H,19,20)(H,21,22,23)/t13-/m1/s1. The fraction of sp³-hybridized carbons (Fsp3) is 0.294. The third-order valence-electron chi connectivity index (χ3n) is 3.65. The Balaban J connectivity index is 1.44. The molecule has 0 saturated heterocycles. The maximum atomic E-state index is 4.44. The fourth-order valence-corrected chi connectivity index (χ4v) is 2.50. The van der Waals surface area contributed by atoms with E-state index in [4.69, 9.17) is 0 Å². The number of hydrogen-bond donors (Lipinski definition) is 2. The molecule has 0 aliphatic heterocycles. The molecule has 0 amide bonds. The van der Waals surface area contributed by atoms with Gasteiger partial charge in [-0.3, -0.25) is 0 Å². The summed E-state index contributed by atoms with van der Waals surface area (Å²) in [6, 6.07) is 3.99. The second kappa shape index (κ2) is 8.48. The molecule has 3 rings (SSSR count). The number of anilines is 2. The average Bonchev–Trinajstić information content (AvgIpc) is 3.20. The van der Waals surface area contributed by atoms with E-state index in [9.17, 15) is 0 Å². The van der Waals surface area contributed by atoms with Crippen molar-refractivity contribution in [2.75, 3.05) is 30.0 Å². The first-order valence-corrected chi connectivity index (χ1v) is 9.25. The lowest BCUT2D eigenvalue weighted by atomic mass is 10.2. The molecule has 3 heterocycles. The number of hydrogen-bond acceptors (Lipinski definition) is 7. The molecule has 0 unspecified atom stereocenters. The Morgan fingerprint density at radius 3 is 2.52 bits per heavy atom. The molecular formula is C17H21N7S. The van der Waals surface area contributed by atoms with E-state index in [1.54, 1.807) is 24.3 Å². The topological polar surface area (TPSA) is 80.5 Å². The van der Waals surface area contributed by atoms with E-state index in [0.717, 1.165) is 29.5 Å². The zero-order valence-corrected chi connectivity index (χ0v) is 15.1. The molecular weight excluding hydrogens is 334 g/mol. The zero-order valence-electron chi connectivity index (χ0n) is 14.3. The van der Waals surface area contributed by atoms with Crippen LogP contribution < -0.4 is 10.6 Å². The molecule has 2 N–H and O–H groups in total. The van der Waals surface area contributed by atoms with Crippen molar-refractivity contribution in [2.24, 2.45) is 5.92 Å². The number of thioether (sulfide) groups is 1. The van der Waals surface area contributed by atoms with Gasteiger partial charge < -0.3 is 15.2 Å². The minimum atomic E-state index is 0.402. The monoisotopic (exact) mass is 355 g/mol. The minimum absolute atomic E-state index is 0.402. The molecule has 0 aliphatic rings. The predicted molar refractivity (Wildman–Crippen MR) is 101 cm³/mol. The highest BCUT2D eigenvalue weighted by Gasteiger charge is 2.05. The SMILES string of the molecule is CSc1cnc(NC[C@H](C)CNc2ccc(-n3ccnc3)cn2)nc1. The normalized spacial score (nSPS) is 11.9. The van der Waals surface area contributed by atoms with Crippen molar-refractivity contribution in [1.29, 1.82) is 0 Å². The number of imidazole rings is 1. The van der Waals surface area contributed by atoms with Crippen LogP contribution in [-0.2, 0) is 0 Å². The van der Waals surface area contributed by atoms with Crippen LogP contribution in [-0.4, -0.2) is 43.8 Å². The lowest BCUT2D eigenvalue weighted by molar-refractivity contribution is 0.644. The van der Waals surface area contributed by atoms with Crippen LogP contribution in [0, 0.1) is 5.92 Å². The summed E-state index contributed by atoms with van der Waals surface area (Å²) in [5.41, 5.74) is 0.989. The van der Waals surface area contributed by atoms with Gasteiger partial charge in [0, 0.05) is 42.8 Å². The molecule has 0 radical (unpaired) electrons. The Hall–Kier alpha value is -2.61. The van der Waals surface area contributed by atoms with E-state index < -0.39 is 0 Å². The summed E-state index contributed by atoms with van der Waals surface area (Å²) in [4.78, 5) is 18.1. The summed E-state index contributed by atoms with van der Waals surface area (Å²) in [5, 5.41) is 6.61. The largest absolute Gasteiger partial charge is 0.370 e. The van der Waals surface area contributed by atoms with Crippen molar-refractivity contribution in [2.45, 2.75) is 11.8 Å². The van der Waals surface area contributed by atoms with Gasteiger partial charge in [0.15, 0.2) is 0 Å². The van der Waals surface area contributed by atoms with E-state index in [2.05, 4.69) is 37.5 Å². The fourth-order valence-electron chi connectivity index (χ4n) is 2.18. The highest BCUT2D eigenvalue weighted by atomic mass is 32.2. The van der Waals surface area contributed by atoms with Crippen molar-refractivity contribution in [3.63, 3.8) is 0 Å². The van der Waals surface area contributed by atoms with E-state index >= 15 is 0 Å². The molecule has 1 atom stereocenters. The molecule has 7 nitrogen and oxygen atoms in total. The van der Waals surface area contributed by atoms with E-state index in [1.165, 1.54) is 0 Å². The second-order valence-corrected chi connectivity index (χ2v) is 6.56. The Morgan fingerprint density at radius 1 is 1.08 bits per heavy atom. The number of aromatic nitrogens is 5. The average molecular weight is 355 g/mol. The van der Waals surface area contributed by atoms with Crippen LogP contribution in [0.15, 0.2) is 54.3 Å². The van der Waals surface area contributed by atoms with Crippen molar-refractivity contribution < 1.29 is 0 Å². The zero-order chi connectivity index (χ0) is 17.5. The molecule has 0 aliphatic carbocycles. The molecule has 130 valence electrons. The smallest absolute Gasteiger partial charge is 0.222 e. The van der Waals surface area contributed by atoms with Crippen LogP contribution in [0.4, 0.5) is 11.8 Å². The summed E-state index contributed by atoms with van der Waals surface area (Å²) in [5.74, 6) is 1.92.